The summed E-state index contributed by atoms with van der Waals surface area (Å²) in [6, 6.07) is -0.669. The van der Waals surface area contributed by atoms with Crippen molar-refractivity contribution in [1.29, 1.82) is 0 Å². The number of hydrogen-bond acceptors (Lipinski definition) is 6. The highest BCUT2D eigenvalue weighted by atomic mass is 32.2. The number of rotatable bonds is 5. The fraction of sp³-hybridized carbons (Fsp3) is 0.385. The summed E-state index contributed by atoms with van der Waals surface area (Å²) >= 11 is 2.71. The number of amides is 2. The van der Waals surface area contributed by atoms with E-state index in [-0.39, 0.29) is 28.6 Å². The first-order valence-corrected chi connectivity index (χ1v) is 8.80. The van der Waals surface area contributed by atoms with E-state index in [2.05, 4.69) is 10.3 Å². The van der Waals surface area contributed by atoms with Crippen molar-refractivity contribution in [2.24, 2.45) is 7.05 Å². The number of aryl methyl sites for hydroxylation is 1. The number of nitrogens with one attached hydrogen (secondary N) is 1. The van der Waals surface area contributed by atoms with E-state index in [0.29, 0.717) is 10.9 Å². The molecule has 8 nitrogen and oxygen atoms in total. The quantitative estimate of drug-likeness (QED) is 0.561. The zero-order valence-electron chi connectivity index (χ0n) is 12.1. The minimum atomic E-state index is -1.13. The first-order chi connectivity index (χ1) is 11.0. The van der Waals surface area contributed by atoms with Gasteiger partial charge in [-0.25, -0.2) is 9.78 Å². The molecule has 1 aromatic rings. The smallest absolute Gasteiger partial charge is 0.352 e. The molecule has 10 heteroatoms. The van der Waals surface area contributed by atoms with Crippen LogP contribution in [0.15, 0.2) is 29.3 Å². The summed E-state index contributed by atoms with van der Waals surface area (Å²) in [5.41, 5.74) is -0.00775. The van der Waals surface area contributed by atoms with E-state index in [4.69, 9.17) is 5.11 Å². The molecular weight excluding hydrogens is 340 g/mol. The van der Waals surface area contributed by atoms with Crippen molar-refractivity contribution in [1.82, 2.24) is 19.8 Å². The minimum Gasteiger partial charge on any atom is -0.477 e. The minimum absolute atomic E-state index is 0.00775. The fourth-order valence-corrected chi connectivity index (χ4v) is 4.31. The van der Waals surface area contributed by atoms with Crippen molar-refractivity contribution in [3.05, 3.63) is 24.2 Å². The third kappa shape index (κ3) is 2.95. The molecule has 1 fully saturated rings. The van der Waals surface area contributed by atoms with E-state index >= 15 is 0 Å². The van der Waals surface area contributed by atoms with Gasteiger partial charge in [-0.2, -0.15) is 0 Å². The molecule has 0 aliphatic carbocycles. The number of thioether (sulfide) groups is 2. The predicted molar refractivity (Wildman–Crippen MR) is 84.7 cm³/mol. The molecule has 122 valence electrons. The monoisotopic (exact) mass is 354 g/mol. The average Bonchev–Trinajstić information content (AvgIpc) is 2.94. The summed E-state index contributed by atoms with van der Waals surface area (Å²) in [5, 5.41) is 12.1. The first-order valence-electron chi connectivity index (χ1n) is 6.76. The number of β-lactam (4-membered cyclic amide) rings is 1. The molecule has 0 bridgehead atoms. The Labute approximate surface area is 140 Å². The number of aromatic nitrogens is 2. The van der Waals surface area contributed by atoms with Crippen LogP contribution >= 0.6 is 23.5 Å². The first kappa shape index (κ1) is 15.9. The zero-order valence-corrected chi connectivity index (χ0v) is 13.8. The van der Waals surface area contributed by atoms with Gasteiger partial charge in [-0.3, -0.25) is 14.5 Å². The van der Waals surface area contributed by atoms with Crippen molar-refractivity contribution in [2.45, 2.75) is 16.6 Å². The maximum absolute atomic E-state index is 12.1. The number of hydrogen-bond donors (Lipinski definition) is 2. The Kier molecular flexibility index (Phi) is 4.35. The highest BCUT2D eigenvalue weighted by Gasteiger charge is 2.52. The molecular formula is C13H14N4O4S2. The number of carboxylic acid groups (broad SMARTS) is 1. The predicted octanol–water partition coefficient (Wildman–Crippen LogP) is -0.119. The molecule has 23 heavy (non-hydrogen) atoms. The van der Waals surface area contributed by atoms with Crippen molar-refractivity contribution in [3.63, 3.8) is 0 Å². The van der Waals surface area contributed by atoms with Crippen molar-refractivity contribution < 1.29 is 19.5 Å². The summed E-state index contributed by atoms with van der Waals surface area (Å²) in [4.78, 5) is 40.6. The van der Waals surface area contributed by atoms with Gasteiger partial charge in [0.05, 0.1) is 5.75 Å². The van der Waals surface area contributed by atoms with Crippen LogP contribution in [0.2, 0.25) is 0 Å². The number of carbonyl (C=O) groups excluding carboxylic acids is 2. The molecule has 0 spiro atoms. The van der Waals surface area contributed by atoms with E-state index < -0.39 is 12.0 Å². The fourth-order valence-electron chi connectivity index (χ4n) is 2.37. The van der Waals surface area contributed by atoms with Gasteiger partial charge >= 0.3 is 5.97 Å². The Morgan fingerprint density at radius 1 is 1.57 bits per heavy atom. The van der Waals surface area contributed by atoms with Gasteiger partial charge in [-0.05, 0) is 6.08 Å². The van der Waals surface area contributed by atoms with Crippen molar-refractivity contribution >= 4 is 41.3 Å². The maximum atomic E-state index is 12.1. The lowest BCUT2D eigenvalue weighted by atomic mass is 10.1. The third-order valence-electron chi connectivity index (χ3n) is 3.49. The Hall–Kier alpha value is -1.94. The highest BCUT2D eigenvalue weighted by molar-refractivity contribution is 8.00. The Bertz CT molecular complexity index is 702. The summed E-state index contributed by atoms with van der Waals surface area (Å²) in [7, 11) is 1.83. The van der Waals surface area contributed by atoms with Crippen LogP contribution in [0, 0.1) is 0 Å². The van der Waals surface area contributed by atoms with Crippen LogP contribution in [0.25, 0.3) is 0 Å². The molecule has 3 heterocycles. The largest absolute Gasteiger partial charge is 0.477 e. The summed E-state index contributed by atoms with van der Waals surface area (Å²) in [5.74, 6) is -1.13. The molecule has 1 aromatic heterocycles. The topological polar surface area (TPSA) is 105 Å². The lowest BCUT2D eigenvalue weighted by molar-refractivity contribution is -0.150. The molecule has 0 saturated carbocycles. The van der Waals surface area contributed by atoms with Crippen LogP contribution in [0.1, 0.15) is 0 Å². The van der Waals surface area contributed by atoms with Gasteiger partial charge in [0.1, 0.15) is 17.1 Å². The molecule has 2 N–H and O–H groups in total. The number of aliphatic carboxylic acids is 1. The Morgan fingerprint density at radius 2 is 2.35 bits per heavy atom. The maximum Gasteiger partial charge on any atom is 0.352 e. The number of carboxylic acids is 1. The lowest BCUT2D eigenvalue weighted by Crippen LogP contribution is -2.70. The Balaban J connectivity index is 1.56. The second-order valence-corrected chi connectivity index (χ2v) is 7.07. The Morgan fingerprint density at radius 3 is 3.00 bits per heavy atom. The van der Waals surface area contributed by atoms with Crippen LogP contribution < -0.4 is 5.32 Å². The number of imidazole rings is 1. The summed E-state index contributed by atoms with van der Waals surface area (Å²) in [6.07, 6.45) is 4.94. The van der Waals surface area contributed by atoms with E-state index in [9.17, 15) is 14.4 Å². The molecule has 2 amide bonds. The molecule has 3 rings (SSSR count). The molecule has 0 unspecified atom stereocenters. The normalized spacial score (nSPS) is 22.9. The number of carbonyl (C=O) groups is 3. The summed E-state index contributed by atoms with van der Waals surface area (Å²) in [6.45, 7) is 0. The van der Waals surface area contributed by atoms with Crippen LogP contribution in [0.3, 0.4) is 0 Å². The van der Waals surface area contributed by atoms with Gasteiger partial charge in [0.2, 0.25) is 5.91 Å². The average molecular weight is 354 g/mol. The number of fused-ring (bicyclic) bond motifs is 1. The SMILES string of the molecule is Cn1ccnc1SCC(=O)N[C@@H]1C(=O)N2C(C(=O)O)=CCS[C@H]12. The van der Waals surface area contributed by atoms with Crippen LogP contribution in [-0.4, -0.2) is 60.3 Å². The van der Waals surface area contributed by atoms with Crippen LogP contribution in [-0.2, 0) is 21.4 Å². The third-order valence-corrected chi connectivity index (χ3v) is 5.73. The lowest BCUT2D eigenvalue weighted by Gasteiger charge is -2.48. The molecule has 2 aliphatic rings. The molecule has 0 aromatic carbocycles. The van der Waals surface area contributed by atoms with Gasteiger partial charge < -0.3 is 15.0 Å². The van der Waals surface area contributed by atoms with Gasteiger partial charge in [-0.15, -0.1) is 11.8 Å². The van der Waals surface area contributed by atoms with Gasteiger partial charge in [0.25, 0.3) is 5.91 Å². The second kappa shape index (κ2) is 6.28. The second-order valence-electron chi connectivity index (χ2n) is 4.98. The van der Waals surface area contributed by atoms with Crippen LogP contribution in [0.5, 0.6) is 0 Å². The standard InChI is InChI=1S/C13H14N4O4S2/c1-16-4-3-14-13(16)23-6-8(18)15-9-10(19)17-7(12(20)21)2-5-22-11(9)17/h2-4,9,11H,5-6H2,1H3,(H,15,18)(H,20,21)/t9-,11-/m1/s1. The zero-order chi connectivity index (χ0) is 16.6. The van der Waals surface area contributed by atoms with Crippen LogP contribution in [0.4, 0.5) is 0 Å². The van der Waals surface area contributed by atoms with E-state index in [1.807, 2.05) is 7.05 Å². The van der Waals surface area contributed by atoms with E-state index in [0.717, 1.165) is 0 Å². The van der Waals surface area contributed by atoms with Gasteiger partial charge in [0, 0.05) is 25.2 Å². The molecule has 0 radical (unpaired) electrons. The molecule has 2 aliphatic heterocycles. The van der Waals surface area contributed by atoms with Crippen molar-refractivity contribution in [3.8, 4) is 0 Å². The van der Waals surface area contributed by atoms with E-state index in [1.54, 1.807) is 17.0 Å². The highest BCUT2D eigenvalue weighted by Crippen LogP contribution is 2.37. The number of nitrogens with zero attached hydrogens (tertiary/aromatic N) is 3. The summed E-state index contributed by atoms with van der Waals surface area (Å²) < 4.78 is 1.80. The van der Waals surface area contributed by atoms with E-state index in [1.165, 1.54) is 34.5 Å². The molecule has 2 atom stereocenters. The van der Waals surface area contributed by atoms with Gasteiger partial charge in [0.15, 0.2) is 5.16 Å². The van der Waals surface area contributed by atoms with Crippen molar-refractivity contribution in [2.75, 3.05) is 11.5 Å². The van der Waals surface area contributed by atoms with Gasteiger partial charge in [-0.1, -0.05) is 11.8 Å². The molecule has 1 saturated heterocycles.